The summed E-state index contributed by atoms with van der Waals surface area (Å²) in [6.07, 6.45) is 3.24. The van der Waals surface area contributed by atoms with Crippen LogP contribution >= 0.6 is 0 Å². The summed E-state index contributed by atoms with van der Waals surface area (Å²) in [6, 6.07) is 20.3. The molecule has 2 aromatic carbocycles. The van der Waals surface area contributed by atoms with E-state index >= 15 is 0 Å². The maximum absolute atomic E-state index is 12.5. The Morgan fingerprint density at radius 2 is 1.50 bits per heavy atom. The van der Waals surface area contributed by atoms with Crippen LogP contribution in [0.5, 0.6) is 0 Å². The lowest BCUT2D eigenvalue weighted by molar-refractivity contribution is 0.0606. The summed E-state index contributed by atoms with van der Waals surface area (Å²) < 4.78 is 0. The molecule has 2 aromatic rings. The van der Waals surface area contributed by atoms with Crippen LogP contribution in [0.4, 0.5) is 0 Å². The number of nitrogens with zero attached hydrogens (tertiary/aromatic N) is 1. The molecule has 1 amide bonds. The first-order valence-corrected chi connectivity index (χ1v) is 8.05. The van der Waals surface area contributed by atoms with Gasteiger partial charge in [-0.15, -0.1) is 0 Å². The highest BCUT2D eigenvalue weighted by Gasteiger charge is 2.32. The summed E-state index contributed by atoms with van der Waals surface area (Å²) in [4.78, 5) is 14.5. The van der Waals surface area contributed by atoms with Gasteiger partial charge in [-0.1, -0.05) is 55.5 Å². The van der Waals surface area contributed by atoms with E-state index in [-0.39, 0.29) is 5.91 Å². The number of piperidine rings is 1. The maximum Gasteiger partial charge on any atom is 0.253 e. The first-order chi connectivity index (χ1) is 10.7. The normalized spacial score (nSPS) is 17.2. The van der Waals surface area contributed by atoms with Gasteiger partial charge < -0.3 is 4.90 Å². The molecule has 1 fully saturated rings. The van der Waals surface area contributed by atoms with Crippen molar-refractivity contribution >= 4 is 5.91 Å². The van der Waals surface area contributed by atoms with Crippen molar-refractivity contribution in [2.24, 2.45) is 5.41 Å². The van der Waals surface area contributed by atoms with Crippen LogP contribution in [0.1, 0.15) is 35.7 Å². The quantitative estimate of drug-likeness (QED) is 0.831. The molecule has 1 aliphatic rings. The Morgan fingerprint density at radius 3 is 2.09 bits per heavy atom. The third-order valence-electron chi connectivity index (χ3n) is 4.75. The molecule has 0 saturated carbocycles. The van der Waals surface area contributed by atoms with Gasteiger partial charge in [0.1, 0.15) is 0 Å². The summed E-state index contributed by atoms with van der Waals surface area (Å²) in [5, 5.41) is 0. The summed E-state index contributed by atoms with van der Waals surface area (Å²) in [7, 11) is 0. The highest BCUT2D eigenvalue weighted by atomic mass is 16.2. The van der Waals surface area contributed by atoms with Crippen molar-refractivity contribution in [1.29, 1.82) is 0 Å². The molecular weight excluding hydrogens is 270 g/mol. The average molecular weight is 293 g/mol. The van der Waals surface area contributed by atoms with Crippen molar-refractivity contribution in [2.75, 3.05) is 13.1 Å². The van der Waals surface area contributed by atoms with E-state index in [9.17, 15) is 4.79 Å². The third kappa shape index (κ3) is 3.38. The molecule has 0 aliphatic carbocycles. The minimum absolute atomic E-state index is 0.169. The van der Waals surface area contributed by atoms with Crippen LogP contribution in [0.2, 0.25) is 0 Å². The number of likely N-dealkylation sites (tertiary alicyclic amines) is 1. The van der Waals surface area contributed by atoms with Crippen molar-refractivity contribution < 1.29 is 4.79 Å². The van der Waals surface area contributed by atoms with E-state index in [0.29, 0.717) is 5.41 Å². The lowest BCUT2D eigenvalue weighted by Crippen LogP contribution is -2.42. The molecule has 1 aliphatic heterocycles. The molecule has 114 valence electrons. The maximum atomic E-state index is 12.5. The zero-order valence-electron chi connectivity index (χ0n) is 13.2. The zero-order valence-corrected chi connectivity index (χ0v) is 13.2. The number of hydrogen-bond acceptors (Lipinski definition) is 1. The lowest BCUT2D eigenvalue weighted by atomic mass is 9.75. The Morgan fingerprint density at radius 1 is 0.955 bits per heavy atom. The predicted molar refractivity (Wildman–Crippen MR) is 89.8 cm³/mol. The molecule has 0 N–H and O–H groups in total. The lowest BCUT2D eigenvalue weighted by Gasteiger charge is -2.39. The number of amides is 1. The van der Waals surface area contributed by atoms with Crippen molar-refractivity contribution in [3.8, 4) is 0 Å². The van der Waals surface area contributed by atoms with Gasteiger partial charge in [-0.05, 0) is 42.4 Å². The van der Waals surface area contributed by atoms with Crippen LogP contribution in [0.15, 0.2) is 60.7 Å². The molecule has 2 nitrogen and oxygen atoms in total. The predicted octanol–water partition coefficient (Wildman–Crippen LogP) is 4.17. The van der Waals surface area contributed by atoms with Crippen molar-refractivity contribution in [3.05, 3.63) is 71.8 Å². The second kappa shape index (κ2) is 6.35. The standard InChI is InChI=1S/C20H23NO/c1-20(16-17-8-4-2-5-9-17)12-14-21(15-13-20)19(22)18-10-6-3-7-11-18/h2-11H,12-16H2,1H3. The fourth-order valence-corrected chi connectivity index (χ4v) is 3.28. The van der Waals surface area contributed by atoms with Gasteiger partial charge in [0, 0.05) is 18.7 Å². The highest BCUT2D eigenvalue weighted by Crippen LogP contribution is 2.34. The van der Waals surface area contributed by atoms with E-state index in [0.717, 1.165) is 37.9 Å². The molecule has 2 heteroatoms. The van der Waals surface area contributed by atoms with Gasteiger partial charge in [-0.2, -0.15) is 0 Å². The van der Waals surface area contributed by atoms with E-state index in [1.165, 1.54) is 5.56 Å². The van der Waals surface area contributed by atoms with Crippen LogP contribution in [0, 0.1) is 5.41 Å². The molecule has 0 spiro atoms. The van der Waals surface area contributed by atoms with Gasteiger partial charge in [0.05, 0.1) is 0 Å². The highest BCUT2D eigenvalue weighted by molar-refractivity contribution is 5.94. The number of benzene rings is 2. The molecule has 0 atom stereocenters. The first kappa shape index (κ1) is 14.8. The van der Waals surface area contributed by atoms with Crippen molar-refractivity contribution in [1.82, 2.24) is 4.90 Å². The monoisotopic (exact) mass is 293 g/mol. The van der Waals surface area contributed by atoms with Crippen molar-refractivity contribution in [2.45, 2.75) is 26.2 Å². The molecule has 22 heavy (non-hydrogen) atoms. The van der Waals surface area contributed by atoms with Crippen LogP contribution in [0.3, 0.4) is 0 Å². The van der Waals surface area contributed by atoms with E-state index in [1.807, 2.05) is 35.2 Å². The van der Waals surface area contributed by atoms with Gasteiger partial charge in [0.15, 0.2) is 0 Å². The Hall–Kier alpha value is -2.09. The second-order valence-corrected chi connectivity index (χ2v) is 6.63. The Balaban J connectivity index is 1.61. The molecule has 0 unspecified atom stereocenters. The molecule has 3 rings (SSSR count). The van der Waals surface area contributed by atoms with Crippen LogP contribution in [-0.2, 0) is 6.42 Å². The molecule has 1 heterocycles. The van der Waals surface area contributed by atoms with Crippen LogP contribution in [-0.4, -0.2) is 23.9 Å². The van der Waals surface area contributed by atoms with E-state index in [2.05, 4.69) is 37.3 Å². The van der Waals surface area contributed by atoms with Crippen LogP contribution in [0.25, 0.3) is 0 Å². The largest absolute Gasteiger partial charge is 0.339 e. The number of rotatable bonds is 3. The number of carbonyl (C=O) groups excluding carboxylic acids is 1. The number of hydrogen-bond donors (Lipinski definition) is 0. The van der Waals surface area contributed by atoms with Gasteiger partial charge in [-0.3, -0.25) is 4.79 Å². The summed E-state index contributed by atoms with van der Waals surface area (Å²) in [6.45, 7) is 4.07. The fourth-order valence-electron chi connectivity index (χ4n) is 3.28. The smallest absolute Gasteiger partial charge is 0.253 e. The second-order valence-electron chi connectivity index (χ2n) is 6.63. The molecule has 0 aromatic heterocycles. The average Bonchev–Trinajstić information content (AvgIpc) is 2.56. The Bertz CT molecular complexity index is 613. The van der Waals surface area contributed by atoms with E-state index in [1.54, 1.807) is 0 Å². The molecule has 1 saturated heterocycles. The van der Waals surface area contributed by atoms with Crippen molar-refractivity contribution in [3.63, 3.8) is 0 Å². The van der Waals surface area contributed by atoms with Gasteiger partial charge in [0.2, 0.25) is 0 Å². The van der Waals surface area contributed by atoms with Gasteiger partial charge in [-0.25, -0.2) is 0 Å². The SMILES string of the molecule is CC1(Cc2ccccc2)CCN(C(=O)c2ccccc2)CC1. The molecule has 0 bridgehead atoms. The Labute approximate surface area is 132 Å². The molecule has 0 radical (unpaired) electrons. The fraction of sp³-hybridized carbons (Fsp3) is 0.350. The van der Waals surface area contributed by atoms with E-state index in [4.69, 9.17) is 0 Å². The summed E-state index contributed by atoms with van der Waals surface area (Å²) >= 11 is 0. The van der Waals surface area contributed by atoms with E-state index < -0.39 is 0 Å². The summed E-state index contributed by atoms with van der Waals surface area (Å²) in [5.41, 5.74) is 2.50. The minimum Gasteiger partial charge on any atom is -0.339 e. The Kier molecular flexibility index (Phi) is 4.28. The zero-order chi connectivity index (χ0) is 15.4. The third-order valence-corrected chi connectivity index (χ3v) is 4.75. The van der Waals surface area contributed by atoms with Gasteiger partial charge >= 0.3 is 0 Å². The van der Waals surface area contributed by atoms with Crippen LogP contribution < -0.4 is 0 Å². The molecular formula is C20H23NO. The minimum atomic E-state index is 0.169. The first-order valence-electron chi connectivity index (χ1n) is 8.05. The topological polar surface area (TPSA) is 20.3 Å². The summed E-state index contributed by atoms with van der Waals surface area (Å²) in [5.74, 6) is 0.169. The number of carbonyl (C=O) groups is 1. The van der Waals surface area contributed by atoms with Gasteiger partial charge in [0.25, 0.3) is 5.91 Å².